The lowest BCUT2D eigenvalue weighted by Gasteiger charge is -2.22. The molecule has 1 saturated heterocycles. The first-order valence-electron chi connectivity index (χ1n) is 5.03. The van der Waals surface area contributed by atoms with E-state index in [1.165, 1.54) is 0 Å². The van der Waals surface area contributed by atoms with E-state index in [0.29, 0.717) is 0 Å². The molecule has 6 nitrogen and oxygen atoms in total. The summed E-state index contributed by atoms with van der Waals surface area (Å²) in [6.07, 6.45) is 1.89. The third kappa shape index (κ3) is 2.33. The Morgan fingerprint density at radius 1 is 1.50 bits per heavy atom. The molecule has 0 aromatic carbocycles. The molecular formula is C9H15ClN4O2. The van der Waals surface area contributed by atoms with Crippen molar-refractivity contribution >= 4 is 18.4 Å². The quantitative estimate of drug-likeness (QED) is 0.790. The molecule has 0 spiro atoms. The van der Waals surface area contributed by atoms with Gasteiger partial charge in [0, 0.05) is 13.0 Å². The summed E-state index contributed by atoms with van der Waals surface area (Å²) in [6, 6.07) is 0. The number of halogens is 1. The Hall–Kier alpha value is -1.14. The van der Waals surface area contributed by atoms with Crippen LogP contribution in [0.4, 0.5) is 0 Å². The first-order chi connectivity index (χ1) is 7.20. The number of hydrogen-bond acceptors (Lipinski definition) is 4. The van der Waals surface area contributed by atoms with Gasteiger partial charge in [0.05, 0.1) is 5.69 Å². The van der Waals surface area contributed by atoms with Crippen molar-refractivity contribution in [3.63, 3.8) is 0 Å². The lowest BCUT2D eigenvalue weighted by molar-refractivity contribution is 0.0688. The van der Waals surface area contributed by atoms with E-state index in [-0.39, 0.29) is 24.0 Å². The minimum atomic E-state index is -0.989. The summed E-state index contributed by atoms with van der Waals surface area (Å²) in [5.41, 5.74) is 0.855. The molecule has 1 aromatic heterocycles. The van der Waals surface area contributed by atoms with Gasteiger partial charge in [0.2, 0.25) is 0 Å². The van der Waals surface area contributed by atoms with E-state index in [2.05, 4.69) is 15.6 Å². The van der Waals surface area contributed by atoms with E-state index < -0.39 is 5.97 Å². The van der Waals surface area contributed by atoms with E-state index in [1.54, 1.807) is 11.7 Å². The fourth-order valence-corrected chi connectivity index (χ4v) is 2.07. The molecule has 90 valence electrons. The Balaban J connectivity index is 0.00000128. The number of nitrogens with zero attached hydrogens (tertiary/aromatic N) is 3. The number of carboxylic acids is 1. The summed E-state index contributed by atoms with van der Waals surface area (Å²) in [6.45, 7) is 1.85. The predicted octanol–water partition coefficient (Wildman–Crippen LogP) is 0.402. The van der Waals surface area contributed by atoms with E-state index >= 15 is 0 Å². The van der Waals surface area contributed by atoms with Gasteiger partial charge in [0.1, 0.15) is 0 Å². The first-order valence-corrected chi connectivity index (χ1v) is 5.03. The van der Waals surface area contributed by atoms with Gasteiger partial charge in [-0.15, -0.1) is 17.5 Å². The normalized spacial score (nSPS) is 16.8. The smallest absolute Gasteiger partial charge is 0.358 e. The highest BCUT2D eigenvalue weighted by molar-refractivity contribution is 5.86. The molecule has 0 saturated carbocycles. The van der Waals surface area contributed by atoms with Crippen molar-refractivity contribution in [2.75, 3.05) is 13.1 Å². The number of nitrogens with one attached hydrogen (secondary N) is 1. The number of piperidine rings is 1. The molecule has 2 N–H and O–H groups in total. The highest BCUT2D eigenvalue weighted by Crippen LogP contribution is 2.26. The Morgan fingerprint density at radius 2 is 2.12 bits per heavy atom. The maximum atomic E-state index is 10.9. The molecule has 1 aromatic rings. The molecule has 0 aliphatic carbocycles. The number of aromatic nitrogens is 3. The van der Waals surface area contributed by atoms with E-state index in [9.17, 15) is 4.79 Å². The topological polar surface area (TPSA) is 80.0 Å². The van der Waals surface area contributed by atoms with Crippen LogP contribution < -0.4 is 5.32 Å². The van der Waals surface area contributed by atoms with Crippen molar-refractivity contribution in [2.24, 2.45) is 7.05 Å². The predicted molar refractivity (Wildman–Crippen MR) is 60.1 cm³/mol. The van der Waals surface area contributed by atoms with Crippen molar-refractivity contribution in [1.82, 2.24) is 20.3 Å². The Morgan fingerprint density at radius 3 is 2.69 bits per heavy atom. The van der Waals surface area contributed by atoms with Crippen LogP contribution in [-0.2, 0) is 7.05 Å². The highest BCUT2D eigenvalue weighted by Gasteiger charge is 2.26. The fraction of sp³-hybridized carbons (Fsp3) is 0.667. The molecule has 16 heavy (non-hydrogen) atoms. The molecule has 1 fully saturated rings. The first kappa shape index (κ1) is 12.9. The zero-order valence-electron chi connectivity index (χ0n) is 9.01. The van der Waals surface area contributed by atoms with Crippen LogP contribution in [0.15, 0.2) is 0 Å². The van der Waals surface area contributed by atoms with Gasteiger partial charge >= 0.3 is 5.97 Å². The van der Waals surface area contributed by atoms with Gasteiger partial charge in [-0.25, -0.2) is 4.79 Å². The Kier molecular flexibility index (Phi) is 4.26. The lowest BCUT2D eigenvalue weighted by atomic mass is 9.93. The SMILES string of the molecule is Cl.Cn1nnc(C(=O)O)c1C1CCNCC1. The van der Waals surface area contributed by atoms with Gasteiger partial charge in [-0.3, -0.25) is 4.68 Å². The second-order valence-corrected chi connectivity index (χ2v) is 3.78. The zero-order valence-corrected chi connectivity index (χ0v) is 9.83. The second-order valence-electron chi connectivity index (χ2n) is 3.78. The molecule has 1 aliphatic rings. The largest absolute Gasteiger partial charge is 0.476 e. The van der Waals surface area contributed by atoms with E-state index in [1.807, 2.05) is 0 Å². The van der Waals surface area contributed by atoms with Gasteiger partial charge < -0.3 is 10.4 Å². The number of rotatable bonds is 2. The van der Waals surface area contributed by atoms with Crippen molar-refractivity contribution in [1.29, 1.82) is 0 Å². The summed E-state index contributed by atoms with van der Waals surface area (Å²) in [5.74, 6) is -0.728. The number of carboxylic acid groups (broad SMARTS) is 1. The molecular weight excluding hydrogens is 232 g/mol. The van der Waals surface area contributed by atoms with Crippen molar-refractivity contribution in [3.05, 3.63) is 11.4 Å². The number of hydrogen-bond donors (Lipinski definition) is 2. The van der Waals surface area contributed by atoms with Gasteiger partial charge in [-0.2, -0.15) is 0 Å². The standard InChI is InChI=1S/C9H14N4O2.ClH/c1-13-8(6-2-4-10-5-3-6)7(9(14)15)11-12-13;/h6,10H,2-5H2,1H3,(H,14,15);1H. The molecule has 0 radical (unpaired) electrons. The maximum absolute atomic E-state index is 10.9. The van der Waals surface area contributed by atoms with Gasteiger partial charge in [-0.1, -0.05) is 5.21 Å². The third-order valence-electron chi connectivity index (χ3n) is 2.80. The summed E-state index contributed by atoms with van der Waals surface area (Å²) < 4.78 is 1.58. The summed E-state index contributed by atoms with van der Waals surface area (Å²) in [5, 5.41) is 19.7. The van der Waals surface area contributed by atoms with Crippen LogP contribution in [0.2, 0.25) is 0 Å². The van der Waals surface area contributed by atoms with Crippen LogP contribution in [0, 0.1) is 0 Å². The van der Waals surface area contributed by atoms with Gasteiger partial charge in [-0.05, 0) is 25.9 Å². The minimum absolute atomic E-state index is 0. The molecule has 0 unspecified atom stereocenters. The third-order valence-corrected chi connectivity index (χ3v) is 2.80. The van der Waals surface area contributed by atoms with Gasteiger partial charge in [0.15, 0.2) is 5.69 Å². The lowest BCUT2D eigenvalue weighted by Crippen LogP contribution is -2.28. The summed E-state index contributed by atoms with van der Waals surface area (Å²) >= 11 is 0. The molecule has 0 atom stereocenters. The Labute approximate surface area is 99.4 Å². The van der Waals surface area contributed by atoms with Crippen molar-refractivity contribution in [3.8, 4) is 0 Å². The van der Waals surface area contributed by atoms with Crippen molar-refractivity contribution in [2.45, 2.75) is 18.8 Å². The zero-order chi connectivity index (χ0) is 10.8. The van der Waals surface area contributed by atoms with Crippen LogP contribution in [0.1, 0.15) is 34.9 Å². The van der Waals surface area contributed by atoms with Crippen LogP contribution in [0.3, 0.4) is 0 Å². The summed E-state index contributed by atoms with van der Waals surface area (Å²) in [4.78, 5) is 10.9. The van der Waals surface area contributed by atoms with Crippen molar-refractivity contribution < 1.29 is 9.90 Å². The average molecular weight is 247 g/mol. The van der Waals surface area contributed by atoms with Crippen LogP contribution >= 0.6 is 12.4 Å². The molecule has 0 amide bonds. The number of aryl methyl sites for hydroxylation is 1. The Bertz CT molecular complexity index is 374. The second kappa shape index (κ2) is 5.27. The highest BCUT2D eigenvalue weighted by atomic mass is 35.5. The van der Waals surface area contributed by atoms with Crippen LogP contribution in [0.25, 0.3) is 0 Å². The molecule has 1 aliphatic heterocycles. The number of aromatic carboxylic acids is 1. The molecule has 0 bridgehead atoms. The van der Waals surface area contributed by atoms with Gasteiger partial charge in [0.25, 0.3) is 0 Å². The van der Waals surface area contributed by atoms with E-state index in [0.717, 1.165) is 31.6 Å². The molecule has 7 heteroatoms. The van der Waals surface area contributed by atoms with Crippen LogP contribution in [0.5, 0.6) is 0 Å². The molecule has 2 heterocycles. The summed E-state index contributed by atoms with van der Waals surface area (Å²) in [7, 11) is 1.75. The van der Waals surface area contributed by atoms with Crippen LogP contribution in [-0.4, -0.2) is 39.2 Å². The average Bonchev–Trinajstić information content (AvgIpc) is 2.61. The maximum Gasteiger partial charge on any atom is 0.358 e. The number of carbonyl (C=O) groups is 1. The molecule has 2 rings (SSSR count). The fourth-order valence-electron chi connectivity index (χ4n) is 2.07. The monoisotopic (exact) mass is 246 g/mol. The minimum Gasteiger partial charge on any atom is -0.476 e. The van der Waals surface area contributed by atoms with E-state index in [4.69, 9.17) is 5.11 Å².